The van der Waals surface area contributed by atoms with E-state index in [0.717, 1.165) is 16.0 Å². The van der Waals surface area contributed by atoms with Gasteiger partial charge in [0.05, 0.1) is 0 Å². The van der Waals surface area contributed by atoms with Crippen molar-refractivity contribution in [2.24, 2.45) is 0 Å². The van der Waals surface area contributed by atoms with Gasteiger partial charge in [0.1, 0.15) is 10.3 Å². The van der Waals surface area contributed by atoms with Crippen LogP contribution in [0.5, 0.6) is 0 Å². The summed E-state index contributed by atoms with van der Waals surface area (Å²) in [6.45, 7) is 4.67. The standard InChI is InChI=1S/C18H22N2O3S2/c1-13-5-3-6-15(11-13)12-19-18(21)16-7-4-10-20(16)25(22,23)17-9-8-14(2)24-17/h3,5-6,8-9,11,16H,4,7,10,12H2,1-2H3,(H,19,21)/t16-/m0/s1. The lowest BCUT2D eigenvalue weighted by atomic mass is 10.1. The van der Waals surface area contributed by atoms with E-state index in [1.165, 1.54) is 15.6 Å². The van der Waals surface area contributed by atoms with Crippen molar-refractivity contribution in [2.45, 2.75) is 43.5 Å². The summed E-state index contributed by atoms with van der Waals surface area (Å²) < 4.78 is 27.3. The molecule has 0 unspecified atom stereocenters. The third-order valence-electron chi connectivity index (χ3n) is 4.33. The van der Waals surface area contributed by atoms with Gasteiger partial charge in [0.15, 0.2) is 0 Å². The van der Waals surface area contributed by atoms with Crippen molar-refractivity contribution in [1.29, 1.82) is 0 Å². The molecule has 1 fully saturated rings. The first kappa shape index (κ1) is 18.1. The van der Waals surface area contributed by atoms with Crippen molar-refractivity contribution in [2.75, 3.05) is 6.54 Å². The molecule has 0 aliphatic carbocycles. The number of hydrogen-bond acceptors (Lipinski definition) is 4. The van der Waals surface area contributed by atoms with E-state index in [1.807, 2.05) is 38.1 Å². The number of nitrogens with one attached hydrogen (secondary N) is 1. The zero-order chi connectivity index (χ0) is 18.0. The highest BCUT2D eigenvalue weighted by Gasteiger charge is 2.39. The van der Waals surface area contributed by atoms with E-state index in [-0.39, 0.29) is 5.91 Å². The second kappa shape index (κ2) is 7.27. The maximum Gasteiger partial charge on any atom is 0.253 e. The van der Waals surface area contributed by atoms with Crippen molar-refractivity contribution >= 4 is 27.3 Å². The molecule has 1 aromatic carbocycles. The Morgan fingerprint density at radius 1 is 1.28 bits per heavy atom. The Balaban J connectivity index is 1.71. The fourth-order valence-corrected chi connectivity index (χ4v) is 6.15. The monoisotopic (exact) mass is 378 g/mol. The van der Waals surface area contributed by atoms with Gasteiger partial charge in [-0.3, -0.25) is 4.79 Å². The summed E-state index contributed by atoms with van der Waals surface area (Å²) in [4.78, 5) is 13.5. The maximum absolute atomic E-state index is 12.8. The van der Waals surface area contributed by atoms with Gasteiger partial charge in [-0.1, -0.05) is 29.8 Å². The number of sulfonamides is 1. The van der Waals surface area contributed by atoms with E-state index in [9.17, 15) is 13.2 Å². The third kappa shape index (κ3) is 3.94. The van der Waals surface area contributed by atoms with Crippen LogP contribution in [0.3, 0.4) is 0 Å². The number of nitrogens with zero attached hydrogens (tertiary/aromatic N) is 1. The van der Waals surface area contributed by atoms with Crippen molar-refractivity contribution in [1.82, 2.24) is 9.62 Å². The molecule has 1 atom stereocenters. The minimum atomic E-state index is -3.61. The molecule has 0 saturated carbocycles. The number of hydrogen-bond donors (Lipinski definition) is 1. The van der Waals surface area contributed by atoms with Crippen LogP contribution >= 0.6 is 11.3 Å². The Hall–Kier alpha value is -1.70. The van der Waals surface area contributed by atoms with Crippen molar-refractivity contribution in [3.63, 3.8) is 0 Å². The highest BCUT2D eigenvalue weighted by molar-refractivity contribution is 7.91. The van der Waals surface area contributed by atoms with Crippen LogP contribution in [0.1, 0.15) is 28.8 Å². The normalized spacial score (nSPS) is 18.4. The molecule has 5 nitrogen and oxygen atoms in total. The highest BCUT2D eigenvalue weighted by atomic mass is 32.2. The quantitative estimate of drug-likeness (QED) is 0.870. The summed E-state index contributed by atoms with van der Waals surface area (Å²) in [5.41, 5.74) is 2.14. The second-order valence-corrected chi connectivity index (χ2v) is 9.75. The molecular weight excluding hydrogens is 356 g/mol. The van der Waals surface area contributed by atoms with E-state index >= 15 is 0 Å². The van der Waals surface area contributed by atoms with Crippen molar-refractivity contribution in [3.05, 3.63) is 52.4 Å². The van der Waals surface area contributed by atoms with Crippen LogP contribution in [0.2, 0.25) is 0 Å². The molecule has 1 amide bonds. The second-order valence-electron chi connectivity index (χ2n) is 6.35. The fraction of sp³-hybridized carbons (Fsp3) is 0.389. The zero-order valence-corrected chi connectivity index (χ0v) is 16.0. The highest BCUT2D eigenvalue weighted by Crippen LogP contribution is 2.30. The van der Waals surface area contributed by atoms with Gasteiger partial charge < -0.3 is 5.32 Å². The van der Waals surface area contributed by atoms with E-state index in [0.29, 0.717) is 30.1 Å². The maximum atomic E-state index is 12.8. The molecule has 3 rings (SSSR count). The zero-order valence-electron chi connectivity index (χ0n) is 14.4. The summed E-state index contributed by atoms with van der Waals surface area (Å²) in [6.07, 6.45) is 1.26. The first-order valence-electron chi connectivity index (χ1n) is 8.29. The Kier molecular flexibility index (Phi) is 5.27. The van der Waals surface area contributed by atoms with Crippen molar-refractivity contribution in [3.8, 4) is 0 Å². The van der Waals surface area contributed by atoms with Crippen LogP contribution in [0, 0.1) is 13.8 Å². The molecule has 1 saturated heterocycles. The Labute approximate surface area is 152 Å². The summed E-state index contributed by atoms with van der Waals surface area (Å²) in [5.74, 6) is -0.226. The first-order valence-corrected chi connectivity index (χ1v) is 10.5. The lowest BCUT2D eigenvalue weighted by Crippen LogP contribution is -2.45. The predicted molar refractivity (Wildman–Crippen MR) is 99.0 cm³/mol. The van der Waals surface area contributed by atoms with Crippen LogP contribution in [0.25, 0.3) is 0 Å². The molecular formula is C18H22N2O3S2. The van der Waals surface area contributed by atoms with Gasteiger partial charge in [-0.25, -0.2) is 8.42 Å². The molecule has 2 heterocycles. The number of amides is 1. The first-order chi connectivity index (χ1) is 11.9. The topological polar surface area (TPSA) is 66.5 Å². The van der Waals surface area contributed by atoms with Gasteiger partial charge in [-0.05, 0) is 44.4 Å². The fourth-order valence-electron chi connectivity index (χ4n) is 3.09. The third-order valence-corrected chi connectivity index (χ3v) is 7.71. The summed E-state index contributed by atoms with van der Waals surface area (Å²) in [6, 6.07) is 10.7. The number of rotatable bonds is 5. The molecule has 2 aromatic rings. The largest absolute Gasteiger partial charge is 0.351 e. The summed E-state index contributed by atoms with van der Waals surface area (Å²) >= 11 is 1.25. The van der Waals surface area contributed by atoms with Crippen LogP contribution in [-0.4, -0.2) is 31.2 Å². The molecule has 1 aliphatic heterocycles. The minimum absolute atomic E-state index is 0.226. The Morgan fingerprint density at radius 2 is 2.08 bits per heavy atom. The lowest BCUT2D eigenvalue weighted by Gasteiger charge is -2.22. The Bertz CT molecular complexity index is 874. The van der Waals surface area contributed by atoms with Gasteiger partial charge in [0.2, 0.25) is 5.91 Å². The van der Waals surface area contributed by atoms with Gasteiger partial charge >= 0.3 is 0 Å². The number of carbonyl (C=O) groups excluding carboxylic acids is 1. The summed E-state index contributed by atoms with van der Waals surface area (Å²) in [7, 11) is -3.61. The molecule has 25 heavy (non-hydrogen) atoms. The molecule has 1 aromatic heterocycles. The van der Waals surface area contributed by atoms with Crippen molar-refractivity contribution < 1.29 is 13.2 Å². The van der Waals surface area contributed by atoms with Crippen LogP contribution in [0.4, 0.5) is 0 Å². The summed E-state index contributed by atoms with van der Waals surface area (Å²) in [5, 5.41) is 2.89. The average molecular weight is 379 g/mol. The molecule has 134 valence electrons. The smallest absolute Gasteiger partial charge is 0.253 e. The minimum Gasteiger partial charge on any atom is -0.351 e. The number of aryl methyl sites for hydroxylation is 2. The predicted octanol–water partition coefficient (Wildman–Crippen LogP) is 2.83. The number of carbonyl (C=O) groups is 1. The molecule has 1 N–H and O–H groups in total. The van der Waals surface area contributed by atoms with Gasteiger partial charge in [0.25, 0.3) is 10.0 Å². The van der Waals surface area contributed by atoms with Gasteiger partial charge in [0, 0.05) is 18.0 Å². The lowest BCUT2D eigenvalue weighted by molar-refractivity contribution is -0.124. The van der Waals surface area contributed by atoms with Gasteiger partial charge in [-0.2, -0.15) is 4.31 Å². The van der Waals surface area contributed by atoms with Crippen LogP contribution in [0.15, 0.2) is 40.6 Å². The molecule has 1 aliphatic rings. The van der Waals surface area contributed by atoms with Gasteiger partial charge in [-0.15, -0.1) is 11.3 Å². The number of benzene rings is 1. The number of thiophene rings is 1. The Morgan fingerprint density at radius 3 is 2.76 bits per heavy atom. The average Bonchev–Trinajstić information content (AvgIpc) is 3.22. The van der Waals surface area contributed by atoms with E-state index in [2.05, 4.69) is 5.32 Å². The van der Waals surface area contributed by atoms with E-state index < -0.39 is 16.1 Å². The van der Waals surface area contributed by atoms with E-state index in [4.69, 9.17) is 0 Å². The van der Waals surface area contributed by atoms with E-state index in [1.54, 1.807) is 12.1 Å². The van der Waals surface area contributed by atoms with Crippen LogP contribution < -0.4 is 5.32 Å². The molecule has 0 radical (unpaired) electrons. The SMILES string of the molecule is Cc1cccc(CNC(=O)[C@@H]2CCCN2S(=O)(=O)c2ccc(C)s2)c1. The molecule has 7 heteroatoms. The molecule has 0 bridgehead atoms. The molecule has 0 spiro atoms. The van der Waals surface area contributed by atoms with Crippen LogP contribution in [-0.2, 0) is 21.4 Å².